The van der Waals surface area contributed by atoms with Crippen molar-refractivity contribution in [2.24, 2.45) is 0 Å². The molecule has 0 radical (unpaired) electrons. The van der Waals surface area contributed by atoms with E-state index in [2.05, 4.69) is 10.3 Å². The van der Waals surface area contributed by atoms with Crippen LogP contribution in [-0.4, -0.2) is 54.9 Å². The van der Waals surface area contributed by atoms with Crippen molar-refractivity contribution in [3.63, 3.8) is 0 Å². The number of imidazole rings is 1. The van der Waals surface area contributed by atoms with E-state index in [0.717, 1.165) is 44.5 Å². The van der Waals surface area contributed by atoms with E-state index in [1.807, 2.05) is 17.7 Å². The molecule has 0 atom stereocenters. The molecule has 30 heavy (non-hydrogen) atoms. The molecule has 1 aliphatic heterocycles. The molecule has 1 amide bonds. The number of carbonyl (C=O) groups excluding carboxylic acids is 1. The van der Waals surface area contributed by atoms with Gasteiger partial charge < -0.3 is 14.6 Å². The van der Waals surface area contributed by atoms with Gasteiger partial charge >= 0.3 is 0 Å². The molecule has 2 aromatic rings. The zero-order valence-corrected chi connectivity index (χ0v) is 18.5. The van der Waals surface area contributed by atoms with Crippen LogP contribution in [-0.2, 0) is 16.6 Å². The Morgan fingerprint density at radius 2 is 1.93 bits per heavy atom. The van der Waals surface area contributed by atoms with E-state index in [1.165, 1.54) is 17.5 Å². The summed E-state index contributed by atoms with van der Waals surface area (Å²) >= 11 is 0. The number of methoxy groups -OCH3 is 1. The summed E-state index contributed by atoms with van der Waals surface area (Å²) in [5, 5.41) is 2.86. The molecule has 0 aliphatic carbocycles. The number of carbonyl (C=O) groups is 1. The van der Waals surface area contributed by atoms with Crippen LogP contribution in [0.25, 0.3) is 0 Å². The number of benzene rings is 1. The predicted molar refractivity (Wildman–Crippen MR) is 114 cm³/mol. The van der Waals surface area contributed by atoms with Gasteiger partial charge in [-0.3, -0.25) is 4.79 Å². The molecule has 1 aromatic heterocycles. The van der Waals surface area contributed by atoms with Crippen LogP contribution < -0.4 is 10.1 Å². The van der Waals surface area contributed by atoms with Gasteiger partial charge in [0.05, 0.1) is 7.11 Å². The van der Waals surface area contributed by atoms with E-state index in [0.29, 0.717) is 25.2 Å². The van der Waals surface area contributed by atoms with Crippen LogP contribution in [0, 0.1) is 6.92 Å². The number of hydrogen-bond acceptors (Lipinski definition) is 5. The second-order valence-electron chi connectivity index (χ2n) is 7.46. The van der Waals surface area contributed by atoms with Crippen molar-refractivity contribution in [1.29, 1.82) is 0 Å². The van der Waals surface area contributed by atoms with Crippen LogP contribution in [0.4, 0.5) is 0 Å². The van der Waals surface area contributed by atoms with E-state index in [1.54, 1.807) is 18.3 Å². The zero-order chi connectivity index (χ0) is 21.6. The van der Waals surface area contributed by atoms with Crippen molar-refractivity contribution < 1.29 is 17.9 Å². The number of nitrogens with one attached hydrogen (secondary N) is 1. The summed E-state index contributed by atoms with van der Waals surface area (Å²) in [4.78, 5) is 16.8. The summed E-state index contributed by atoms with van der Waals surface area (Å²) in [5.74, 6) is 0.888. The van der Waals surface area contributed by atoms with Crippen molar-refractivity contribution in [3.8, 4) is 5.75 Å². The number of hydrogen-bond donors (Lipinski definition) is 1. The topological polar surface area (TPSA) is 93.5 Å². The number of ether oxygens (including phenoxy) is 1. The molecule has 9 heteroatoms. The number of rotatable bonds is 8. The van der Waals surface area contributed by atoms with E-state index >= 15 is 0 Å². The quantitative estimate of drug-likeness (QED) is 0.645. The summed E-state index contributed by atoms with van der Waals surface area (Å²) in [6, 6.07) is 4.57. The molecule has 0 spiro atoms. The normalized spacial score (nSPS) is 15.5. The average molecular weight is 435 g/mol. The summed E-state index contributed by atoms with van der Waals surface area (Å²) in [6.07, 6.45) is 8.15. The highest BCUT2D eigenvalue weighted by Crippen LogP contribution is 2.29. The maximum absolute atomic E-state index is 13.2. The minimum atomic E-state index is -3.73. The van der Waals surface area contributed by atoms with Gasteiger partial charge in [-0.05, 0) is 44.4 Å². The number of aromatic nitrogens is 2. The second kappa shape index (κ2) is 10.1. The SMILES string of the molecule is COc1ccc(C(=O)NCCCn2ccnc2C)cc1S(=O)(=O)N1CCCCCC1. The number of amides is 1. The van der Waals surface area contributed by atoms with Gasteiger partial charge in [0.2, 0.25) is 10.0 Å². The maximum atomic E-state index is 13.2. The molecule has 1 aromatic carbocycles. The molecule has 0 saturated carbocycles. The van der Waals surface area contributed by atoms with Crippen LogP contribution in [0.3, 0.4) is 0 Å². The minimum absolute atomic E-state index is 0.0496. The molecular formula is C21H30N4O4S. The van der Waals surface area contributed by atoms with E-state index in [9.17, 15) is 13.2 Å². The molecule has 0 bridgehead atoms. The van der Waals surface area contributed by atoms with Gasteiger partial charge in [0.15, 0.2) is 0 Å². The van der Waals surface area contributed by atoms with Crippen molar-refractivity contribution in [3.05, 3.63) is 42.0 Å². The van der Waals surface area contributed by atoms with Gasteiger partial charge in [0.1, 0.15) is 16.5 Å². The maximum Gasteiger partial charge on any atom is 0.251 e. The van der Waals surface area contributed by atoms with Crippen LogP contribution in [0.15, 0.2) is 35.5 Å². The molecule has 164 valence electrons. The summed E-state index contributed by atoms with van der Waals surface area (Å²) < 4.78 is 35.3. The Labute approximate surface area is 178 Å². The lowest BCUT2D eigenvalue weighted by molar-refractivity contribution is 0.0952. The standard InChI is InChI=1S/C21H30N4O4S/c1-17-22-11-15-24(17)12-7-10-23-21(26)18-8-9-19(29-2)20(16-18)30(27,28)25-13-5-3-4-6-14-25/h8-9,11,15-16H,3-7,10,12-14H2,1-2H3,(H,23,26). The molecule has 1 saturated heterocycles. The second-order valence-corrected chi connectivity index (χ2v) is 9.37. The summed E-state index contributed by atoms with van der Waals surface area (Å²) in [7, 11) is -2.29. The van der Waals surface area contributed by atoms with Crippen LogP contribution in [0.2, 0.25) is 0 Å². The highest BCUT2D eigenvalue weighted by atomic mass is 32.2. The zero-order valence-electron chi connectivity index (χ0n) is 17.6. The number of aryl methyl sites for hydroxylation is 2. The molecule has 1 aliphatic rings. The fraction of sp³-hybridized carbons (Fsp3) is 0.524. The van der Waals surface area contributed by atoms with Gasteiger partial charge in [0, 0.05) is 44.1 Å². The molecule has 1 fully saturated rings. The van der Waals surface area contributed by atoms with Crippen molar-refractivity contribution in [1.82, 2.24) is 19.2 Å². The van der Waals surface area contributed by atoms with Gasteiger partial charge in [-0.25, -0.2) is 13.4 Å². The Balaban J connectivity index is 1.70. The van der Waals surface area contributed by atoms with E-state index in [4.69, 9.17) is 4.74 Å². The van der Waals surface area contributed by atoms with Gasteiger partial charge in [-0.2, -0.15) is 4.31 Å². The minimum Gasteiger partial charge on any atom is -0.495 e. The van der Waals surface area contributed by atoms with Crippen molar-refractivity contribution in [2.45, 2.75) is 50.5 Å². The Morgan fingerprint density at radius 3 is 2.57 bits per heavy atom. The monoisotopic (exact) mass is 434 g/mol. The first kappa shape index (κ1) is 22.3. The Hall–Kier alpha value is -2.39. The highest BCUT2D eigenvalue weighted by molar-refractivity contribution is 7.89. The van der Waals surface area contributed by atoms with Crippen molar-refractivity contribution in [2.75, 3.05) is 26.7 Å². The van der Waals surface area contributed by atoms with Gasteiger partial charge in [-0.15, -0.1) is 0 Å². The lowest BCUT2D eigenvalue weighted by atomic mass is 10.2. The van der Waals surface area contributed by atoms with E-state index in [-0.39, 0.29) is 16.6 Å². The predicted octanol–water partition coefficient (Wildman–Crippen LogP) is 2.58. The lowest BCUT2D eigenvalue weighted by Crippen LogP contribution is -2.32. The highest BCUT2D eigenvalue weighted by Gasteiger charge is 2.29. The molecule has 1 N–H and O–H groups in total. The number of nitrogens with zero attached hydrogens (tertiary/aromatic N) is 3. The van der Waals surface area contributed by atoms with Crippen LogP contribution in [0.1, 0.15) is 48.3 Å². The Bertz CT molecular complexity index is 963. The van der Waals surface area contributed by atoms with Crippen LogP contribution in [0.5, 0.6) is 5.75 Å². The first-order valence-corrected chi connectivity index (χ1v) is 11.8. The van der Waals surface area contributed by atoms with Gasteiger partial charge in [0.25, 0.3) is 5.91 Å². The van der Waals surface area contributed by atoms with Gasteiger partial charge in [-0.1, -0.05) is 12.8 Å². The molecule has 3 rings (SSSR count). The lowest BCUT2D eigenvalue weighted by Gasteiger charge is -2.21. The fourth-order valence-electron chi connectivity index (χ4n) is 3.63. The summed E-state index contributed by atoms with van der Waals surface area (Å²) in [6.45, 7) is 4.16. The van der Waals surface area contributed by atoms with Crippen molar-refractivity contribution >= 4 is 15.9 Å². The first-order valence-electron chi connectivity index (χ1n) is 10.4. The summed E-state index contributed by atoms with van der Waals surface area (Å²) in [5.41, 5.74) is 0.308. The van der Waals surface area contributed by atoms with E-state index < -0.39 is 10.0 Å². The smallest absolute Gasteiger partial charge is 0.251 e. The largest absolute Gasteiger partial charge is 0.495 e. The fourth-order valence-corrected chi connectivity index (χ4v) is 5.33. The average Bonchev–Trinajstić information content (AvgIpc) is 2.97. The first-order chi connectivity index (χ1) is 14.4. The van der Waals surface area contributed by atoms with Crippen LogP contribution >= 0.6 is 0 Å². The third-order valence-electron chi connectivity index (χ3n) is 5.39. The molecule has 0 unspecified atom stereocenters. The molecular weight excluding hydrogens is 404 g/mol. The third-order valence-corrected chi connectivity index (χ3v) is 7.31. The Kier molecular flexibility index (Phi) is 7.49. The third kappa shape index (κ3) is 5.20. The molecule has 8 nitrogen and oxygen atoms in total. The number of sulfonamides is 1. The molecule has 2 heterocycles. The Morgan fingerprint density at radius 1 is 1.20 bits per heavy atom.